The van der Waals surface area contributed by atoms with Crippen LogP contribution in [0.1, 0.15) is 27.4 Å². The van der Waals surface area contributed by atoms with Crippen LogP contribution in [-0.4, -0.2) is 31.1 Å². The van der Waals surface area contributed by atoms with Crippen LogP contribution in [-0.2, 0) is 11.3 Å². The first-order valence-electron chi connectivity index (χ1n) is 6.48. The van der Waals surface area contributed by atoms with Crippen molar-refractivity contribution in [2.45, 2.75) is 20.4 Å². The summed E-state index contributed by atoms with van der Waals surface area (Å²) in [5.41, 5.74) is 1.55. The minimum absolute atomic E-state index is 0.0578. The average Bonchev–Trinajstić information content (AvgIpc) is 3.03. The topological polar surface area (TPSA) is 55.8 Å². The molecule has 0 aliphatic heterocycles. The SMILES string of the molecule is COCCN(Cc1ccoc1)C(=O)c1cc(C)oc1C. The molecular weight excluding hydrogens is 258 g/mol. The van der Waals surface area contributed by atoms with Crippen molar-refractivity contribution in [3.8, 4) is 0 Å². The van der Waals surface area contributed by atoms with E-state index in [1.165, 1.54) is 0 Å². The third kappa shape index (κ3) is 3.30. The Morgan fingerprint density at radius 2 is 2.20 bits per heavy atom. The third-order valence-corrected chi connectivity index (χ3v) is 3.08. The molecule has 0 aromatic carbocycles. The Hall–Kier alpha value is -2.01. The van der Waals surface area contributed by atoms with E-state index in [9.17, 15) is 4.79 Å². The molecule has 0 radical (unpaired) electrons. The summed E-state index contributed by atoms with van der Waals surface area (Å²) < 4.78 is 15.5. The number of nitrogens with zero attached hydrogens (tertiary/aromatic N) is 1. The van der Waals surface area contributed by atoms with Crippen LogP contribution >= 0.6 is 0 Å². The summed E-state index contributed by atoms with van der Waals surface area (Å²) >= 11 is 0. The van der Waals surface area contributed by atoms with Gasteiger partial charge in [-0.1, -0.05) is 0 Å². The zero-order chi connectivity index (χ0) is 14.5. The molecule has 0 aliphatic carbocycles. The molecule has 0 atom stereocenters. The van der Waals surface area contributed by atoms with Gasteiger partial charge in [0.1, 0.15) is 11.5 Å². The van der Waals surface area contributed by atoms with Gasteiger partial charge >= 0.3 is 0 Å². The van der Waals surface area contributed by atoms with Gasteiger partial charge in [-0.25, -0.2) is 0 Å². The molecule has 0 N–H and O–H groups in total. The van der Waals surface area contributed by atoms with Gasteiger partial charge in [-0.2, -0.15) is 0 Å². The summed E-state index contributed by atoms with van der Waals surface area (Å²) in [6.45, 7) is 5.12. The fourth-order valence-corrected chi connectivity index (χ4v) is 2.07. The number of furan rings is 2. The van der Waals surface area contributed by atoms with Gasteiger partial charge < -0.3 is 18.5 Å². The third-order valence-electron chi connectivity index (χ3n) is 3.08. The Balaban J connectivity index is 2.17. The lowest BCUT2D eigenvalue weighted by molar-refractivity contribution is 0.0678. The minimum Gasteiger partial charge on any atom is -0.472 e. The molecule has 2 aromatic rings. The summed E-state index contributed by atoms with van der Waals surface area (Å²) in [6.07, 6.45) is 3.24. The van der Waals surface area contributed by atoms with Crippen molar-refractivity contribution >= 4 is 5.91 Å². The first-order chi connectivity index (χ1) is 9.61. The predicted molar refractivity (Wildman–Crippen MR) is 73.5 cm³/mol. The lowest BCUT2D eigenvalue weighted by Crippen LogP contribution is -2.33. The van der Waals surface area contributed by atoms with Gasteiger partial charge in [0.2, 0.25) is 0 Å². The van der Waals surface area contributed by atoms with E-state index in [1.807, 2.05) is 13.0 Å². The molecule has 5 heteroatoms. The number of carbonyl (C=O) groups is 1. The molecule has 2 aromatic heterocycles. The van der Waals surface area contributed by atoms with Gasteiger partial charge in [0, 0.05) is 25.8 Å². The Morgan fingerprint density at radius 1 is 1.40 bits per heavy atom. The van der Waals surface area contributed by atoms with Crippen LogP contribution < -0.4 is 0 Å². The van der Waals surface area contributed by atoms with Crippen molar-refractivity contribution in [2.24, 2.45) is 0 Å². The molecule has 108 valence electrons. The molecule has 0 aliphatic rings. The van der Waals surface area contributed by atoms with Crippen molar-refractivity contribution in [3.63, 3.8) is 0 Å². The number of rotatable bonds is 6. The highest BCUT2D eigenvalue weighted by molar-refractivity contribution is 5.95. The molecule has 0 saturated heterocycles. The first-order valence-corrected chi connectivity index (χ1v) is 6.48. The molecule has 0 saturated carbocycles. The minimum atomic E-state index is -0.0578. The van der Waals surface area contributed by atoms with Crippen LogP contribution in [0.15, 0.2) is 33.5 Å². The van der Waals surface area contributed by atoms with Crippen molar-refractivity contribution in [1.29, 1.82) is 0 Å². The molecule has 20 heavy (non-hydrogen) atoms. The zero-order valence-electron chi connectivity index (χ0n) is 12.0. The Bertz CT molecular complexity index is 556. The smallest absolute Gasteiger partial charge is 0.257 e. The van der Waals surface area contributed by atoms with Crippen LogP contribution in [0.5, 0.6) is 0 Å². The Kier molecular flexibility index (Phi) is 4.63. The first kappa shape index (κ1) is 14.4. The highest BCUT2D eigenvalue weighted by atomic mass is 16.5. The lowest BCUT2D eigenvalue weighted by Gasteiger charge is -2.21. The van der Waals surface area contributed by atoms with Crippen LogP contribution in [0.2, 0.25) is 0 Å². The molecule has 5 nitrogen and oxygen atoms in total. The number of hydrogen-bond donors (Lipinski definition) is 0. The summed E-state index contributed by atoms with van der Waals surface area (Å²) in [4.78, 5) is 14.3. The molecule has 2 rings (SSSR count). The molecule has 0 spiro atoms. The Morgan fingerprint density at radius 3 is 2.75 bits per heavy atom. The van der Waals surface area contributed by atoms with Gasteiger partial charge in [0.15, 0.2) is 0 Å². The Labute approximate surface area is 118 Å². The van der Waals surface area contributed by atoms with Crippen LogP contribution in [0, 0.1) is 13.8 Å². The summed E-state index contributed by atoms with van der Waals surface area (Å²) in [5, 5.41) is 0. The van der Waals surface area contributed by atoms with E-state index in [-0.39, 0.29) is 5.91 Å². The van der Waals surface area contributed by atoms with Gasteiger partial charge in [-0.15, -0.1) is 0 Å². The number of hydrogen-bond acceptors (Lipinski definition) is 4. The second kappa shape index (κ2) is 6.43. The molecule has 0 bridgehead atoms. The lowest BCUT2D eigenvalue weighted by atomic mass is 10.2. The summed E-state index contributed by atoms with van der Waals surface area (Å²) in [5.74, 6) is 1.32. The largest absolute Gasteiger partial charge is 0.472 e. The van der Waals surface area contributed by atoms with E-state index in [1.54, 1.807) is 37.5 Å². The van der Waals surface area contributed by atoms with Crippen molar-refractivity contribution in [1.82, 2.24) is 4.90 Å². The van der Waals surface area contributed by atoms with Gasteiger partial charge in [-0.3, -0.25) is 4.79 Å². The fraction of sp³-hybridized carbons (Fsp3) is 0.400. The van der Waals surface area contributed by atoms with Crippen LogP contribution in [0.4, 0.5) is 0 Å². The molecule has 0 fully saturated rings. The highest BCUT2D eigenvalue weighted by Gasteiger charge is 2.20. The molecular formula is C15H19NO4. The summed E-state index contributed by atoms with van der Waals surface area (Å²) in [6, 6.07) is 3.62. The van der Waals surface area contributed by atoms with Gasteiger partial charge in [0.25, 0.3) is 5.91 Å². The second-order valence-corrected chi connectivity index (χ2v) is 4.68. The van der Waals surface area contributed by atoms with Crippen LogP contribution in [0.25, 0.3) is 0 Å². The molecule has 2 heterocycles. The van der Waals surface area contributed by atoms with E-state index >= 15 is 0 Å². The maximum Gasteiger partial charge on any atom is 0.257 e. The van der Waals surface area contributed by atoms with Crippen molar-refractivity contribution < 1.29 is 18.4 Å². The van der Waals surface area contributed by atoms with E-state index in [0.717, 1.165) is 11.3 Å². The number of methoxy groups -OCH3 is 1. The van der Waals surface area contributed by atoms with E-state index in [2.05, 4.69) is 0 Å². The zero-order valence-corrected chi connectivity index (χ0v) is 12.0. The predicted octanol–water partition coefficient (Wildman–Crippen LogP) is 2.78. The standard InChI is InChI=1S/C15H19NO4/c1-11-8-14(12(2)20-11)15(17)16(5-7-18-3)9-13-4-6-19-10-13/h4,6,8,10H,5,7,9H2,1-3H3. The molecule has 1 amide bonds. The fourth-order valence-electron chi connectivity index (χ4n) is 2.07. The highest BCUT2D eigenvalue weighted by Crippen LogP contribution is 2.17. The second-order valence-electron chi connectivity index (χ2n) is 4.68. The van der Waals surface area contributed by atoms with Gasteiger partial charge in [0.05, 0.1) is 24.7 Å². The molecule has 0 unspecified atom stereocenters. The van der Waals surface area contributed by atoms with Crippen LogP contribution in [0.3, 0.4) is 0 Å². The van der Waals surface area contributed by atoms with E-state index < -0.39 is 0 Å². The van der Waals surface area contributed by atoms with Crippen molar-refractivity contribution in [2.75, 3.05) is 20.3 Å². The number of ether oxygens (including phenoxy) is 1. The normalized spacial score (nSPS) is 10.8. The van der Waals surface area contributed by atoms with E-state index in [4.69, 9.17) is 13.6 Å². The van der Waals surface area contributed by atoms with E-state index in [0.29, 0.717) is 31.0 Å². The summed E-state index contributed by atoms with van der Waals surface area (Å²) in [7, 11) is 1.62. The maximum absolute atomic E-state index is 12.6. The maximum atomic E-state index is 12.6. The van der Waals surface area contributed by atoms with Crippen molar-refractivity contribution in [3.05, 3.63) is 47.3 Å². The van der Waals surface area contributed by atoms with Gasteiger partial charge in [-0.05, 0) is 26.0 Å². The monoisotopic (exact) mass is 277 g/mol. The number of aryl methyl sites for hydroxylation is 2. The number of amides is 1. The number of carbonyl (C=O) groups excluding carboxylic acids is 1. The quantitative estimate of drug-likeness (QED) is 0.814. The average molecular weight is 277 g/mol.